The van der Waals surface area contributed by atoms with E-state index < -0.39 is 0 Å². The van der Waals surface area contributed by atoms with Gasteiger partial charge in [-0.25, -0.2) is 0 Å². The molecule has 0 bridgehead atoms. The number of amides is 1. The van der Waals surface area contributed by atoms with Crippen LogP contribution in [-0.2, 0) is 17.9 Å². The first-order valence-electron chi connectivity index (χ1n) is 7.26. The average Bonchev–Trinajstić information content (AvgIpc) is 3.05. The van der Waals surface area contributed by atoms with Crippen molar-refractivity contribution in [2.45, 2.75) is 20.0 Å². The molecule has 2 heterocycles. The van der Waals surface area contributed by atoms with Gasteiger partial charge in [0, 0.05) is 18.1 Å². The first-order valence-corrected chi connectivity index (χ1v) is 8.01. The van der Waals surface area contributed by atoms with Gasteiger partial charge in [0.1, 0.15) is 6.54 Å². The molecule has 0 saturated carbocycles. The second-order valence-electron chi connectivity index (χ2n) is 5.36. The minimum atomic E-state index is -0.173. The van der Waals surface area contributed by atoms with Crippen LogP contribution in [0.5, 0.6) is 0 Å². The van der Waals surface area contributed by atoms with E-state index >= 15 is 0 Å². The number of rotatable bonds is 5. The molecular formula is C16H15Cl2N5O. The molecule has 3 rings (SSSR count). The van der Waals surface area contributed by atoms with Crippen molar-refractivity contribution in [2.75, 3.05) is 5.32 Å². The maximum atomic E-state index is 12.1. The number of hydrogen-bond donors (Lipinski definition) is 1. The first kappa shape index (κ1) is 16.5. The number of benzene rings is 1. The maximum absolute atomic E-state index is 12.1. The molecule has 3 aromatic rings. The third-order valence-corrected chi connectivity index (χ3v) is 3.92. The van der Waals surface area contributed by atoms with Crippen LogP contribution in [0.3, 0.4) is 0 Å². The molecule has 6 nitrogen and oxygen atoms in total. The van der Waals surface area contributed by atoms with Crippen LogP contribution in [-0.4, -0.2) is 25.5 Å². The summed E-state index contributed by atoms with van der Waals surface area (Å²) >= 11 is 11.8. The zero-order valence-electron chi connectivity index (χ0n) is 12.9. The number of carbonyl (C=O) groups excluding carboxylic acids is 1. The van der Waals surface area contributed by atoms with E-state index in [1.807, 2.05) is 24.3 Å². The molecule has 1 amide bonds. The highest BCUT2D eigenvalue weighted by atomic mass is 35.5. The Morgan fingerprint density at radius 1 is 1.25 bits per heavy atom. The van der Waals surface area contributed by atoms with E-state index in [1.54, 1.807) is 30.2 Å². The minimum absolute atomic E-state index is 0.104. The molecule has 8 heteroatoms. The molecule has 0 saturated heterocycles. The van der Waals surface area contributed by atoms with Crippen molar-refractivity contribution in [2.24, 2.45) is 0 Å². The van der Waals surface area contributed by atoms with Crippen molar-refractivity contribution in [1.82, 2.24) is 19.6 Å². The SMILES string of the molecule is Cc1nn(CC(=O)Nc2cccc(Cn3cc(Cl)cn3)c2)cc1Cl. The van der Waals surface area contributed by atoms with Crippen LogP contribution < -0.4 is 5.32 Å². The third-order valence-electron chi connectivity index (χ3n) is 3.35. The van der Waals surface area contributed by atoms with Gasteiger partial charge in [0.05, 0.1) is 28.5 Å². The van der Waals surface area contributed by atoms with Gasteiger partial charge in [-0.15, -0.1) is 0 Å². The Morgan fingerprint density at radius 3 is 2.75 bits per heavy atom. The maximum Gasteiger partial charge on any atom is 0.246 e. The Labute approximate surface area is 149 Å². The fraction of sp³-hybridized carbons (Fsp3) is 0.188. The van der Waals surface area contributed by atoms with Crippen LogP contribution in [0, 0.1) is 6.92 Å². The van der Waals surface area contributed by atoms with Gasteiger partial charge in [-0.1, -0.05) is 35.3 Å². The molecule has 1 aromatic carbocycles. The highest BCUT2D eigenvalue weighted by Gasteiger charge is 2.08. The van der Waals surface area contributed by atoms with Gasteiger partial charge < -0.3 is 5.32 Å². The quantitative estimate of drug-likeness (QED) is 0.755. The Balaban J connectivity index is 1.64. The molecule has 124 valence electrons. The Hall–Kier alpha value is -2.31. The Bertz CT molecular complexity index is 851. The smallest absolute Gasteiger partial charge is 0.246 e. The number of aromatic nitrogens is 4. The summed E-state index contributed by atoms with van der Waals surface area (Å²) < 4.78 is 3.25. The molecule has 24 heavy (non-hydrogen) atoms. The Kier molecular flexibility index (Phi) is 4.87. The summed E-state index contributed by atoms with van der Waals surface area (Å²) in [5, 5.41) is 12.3. The second-order valence-corrected chi connectivity index (χ2v) is 6.21. The van der Waals surface area contributed by atoms with E-state index in [9.17, 15) is 4.79 Å². The summed E-state index contributed by atoms with van der Waals surface area (Å²) in [5.74, 6) is -0.173. The van der Waals surface area contributed by atoms with Crippen LogP contribution >= 0.6 is 23.2 Å². The van der Waals surface area contributed by atoms with Crippen molar-refractivity contribution < 1.29 is 4.79 Å². The van der Waals surface area contributed by atoms with Crippen LogP contribution in [0.2, 0.25) is 10.0 Å². The van der Waals surface area contributed by atoms with Gasteiger partial charge in [-0.2, -0.15) is 10.2 Å². The van der Waals surface area contributed by atoms with E-state index in [-0.39, 0.29) is 12.5 Å². The number of nitrogens with zero attached hydrogens (tertiary/aromatic N) is 4. The lowest BCUT2D eigenvalue weighted by atomic mass is 10.2. The molecule has 0 unspecified atom stereocenters. The van der Waals surface area contributed by atoms with Gasteiger partial charge in [0.2, 0.25) is 5.91 Å². The molecule has 0 radical (unpaired) electrons. The summed E-state index contributed by atoms with van der Waals surface area (Å²) in [4.78, 5) is 12.1. The standard InChI is InChI=1S/C16H15Cl2N5O/c1-11-15(18)9-23(21-11)10-16(24)20-14-4-2-3-12(5-14)7-22-8-13(17)6-19-22/h2-6,8-9H,7,10H2,1H3,(H,20,24). The normalized spacial score (nSPS) is 10.8. The van der Waals surface area contributed by atoms with Gasteiger partial charge in [-0.3, -0.25) is 14.2 Å². The minimum Gasteiger partial charge on any atom is -0.324 e. The van der Waals surface area contributed by atoms with Gasteiger partial charge in [0.25, 0.3) is 0 Å². The van der Waals surface area contributed by atoms with Gasteiger partial charge in [-0.05, 0) is 24.6 Å². The molecule has 0 spiro atoms. The lowest BCUT2D eigenvalue weighted by Gasteiger charge is -2.08. The second kappa shape index (κ2) is 7.07. The average molecular weight is 364 g/mol. The predicted octanol–water partition coefficient (Wildman–Crippen LogP) is 3.38. The molecule has 1 N–H and O–H groups in total. The van der Waals surface area contributed by atoms with Crippen molar-refractivity contribution >= 4 is 34.8 Å². The molecule has 0 aliphatic carbocycles. The molecular weight excluding hydrogens is 349 g/mol. The number of anilines is 1. The monoisotopic (exact) mass is 363 g/mol. The summed E-state index contributed by atoms with van der Waals surface area (Å²) in [7, 11) is 0. The van der Waals surface area contributed by atoms with E-state index in [4.69, 9.17) is 23.2 Å². The highest BCUT2D eigenvalue weighted by molar-refractivity contribution is 6.31. The van der Waals surface area contributed by atoms with Crippen molar-refractivity contribution in [1.29, 1.82) is 0 Å². The largest absolute Gasteiger partial charge is 0.324 e. The number of aryl methyl sites for hydroxylation is 1. The number of hydrogen-bond acceptors (Lipinski definition) is 3. The number of carbonyl (C=O) groups is 1. The third kappa shape index (κ3) is 4.15. The lowest BCUT2D eigenvalue weighted by Crippen LogP contribution is -2.19. The summed E-state index contributed by atoms with van der Waals surface area (Å²) in [6.07, 6.45) is 4.97. The molecule has 0 aliphatic heterocycles. The lowest BCUT2D eigenvalue weighted by molar-refractivity contribution is -0.116. The Morgan fingerprint density at radius 2 is 2.08 bits per heavy atom. The van der Waals surface area contributed by atoms with Crippen LogP contribution in [0.25, 0.3) is 0 Å². The molecule has 0 aliphatic rings. The van der Waals surface area contributed by atoms with E-state index in [0.717, 1.165) is 5.56 Å². The van der Waals surface area contributed by atoms with Crippen LogP contribution in [0.15, 0.2) is 42.9 Å². The van der Waals surface area contributed by atoms with Crippen LogP contribution in [0.4, 0.5) is 5.69 Å². The zero-order chi connectivity index (χ0) is 17.1. The predicted molar refractivity (Wildman–Crippen MR) is 93.4 cm³/mol. The van der Waals surface area contributed by atoms with E-state index in [0.29, 0.717) is 28.0 Å². The molecule has 2 aromatic heterocycles. The summed E-state index contributed by atoms with van der Waals surface area (Å²) in [6, 6.07) is 7.57. The van der Waals surface area contributed by atoms with Gasteiger partial charge >= 0.3 is 0 Å². The first-order chi connectivity index (χ1) is 11.5. The summed E-state index contributed by atoms with van der Waals surface area (Å²) in [6.45, 7) is 2.47. The zero-order valence-corrected chi connectivity index (χ0v) is 14.4. The fourth-order valence-corrected chi connectivity index (χ4v) is 2.59. The van der Waals surface area contributed by atoms with E-state index in [1.165, 1.54) is 4.68 Å². The number of nitrogens with one attached hydrogen (secondary N) is 1. The fourth-order valence-electron chi connectivity index (χ4n) is 2.28. The van der Waals surface area contributed by atoms with Crippen molar-refractivity contribution in [3.05, 3.63) is 64.2 Å². The van der Waals surface area contributed by atoms with E-state index in [2.05, 4.69) is 15.5 Å². The summed E-state index contributed by atoms with van der Waals surface area (Å²) in [5.41, 5.74) is 2.42. The molecule has 0 fully saturated rings. The topological polar surface area (TPSA) is 64.7 Å². The van der Waals surface area contributed by atoms with Crippen LogP contribution in [0.1, 0.15) is 11.3 Å². The van der Waals surface area contributed by atoms with Crippen molar-refractivity contribution in [3.8, 4) is 0 Å². The van der Waals surface area contributed by atoms with Crippen molar-refractivity contribution in [3.63, 3.8) is 0 Å². The number of halogens is 2. The highest BCUT2D eigenvalue weighted by Crippen LogP contribution is 2.14. The van der Waals surface area contributed by atoms with Gasteiger partial charge in [0.15, 0.2) is 0 Å². The molecule has 0 atom stereocenters.